The second-order valence-electron chi connectivity index (χ2n) is 4.70. The van der Waals surface area contributed by atoms with Gasteiger partial charge in [0.1, 0.15) is 12.3 Å². The Morgan fingerprint density at radius 1 is 1.36 bits per heavy atom. The van der Waals surface area contributed by atoms with Gasteiger partial charge in [0, 0.05) is 0 Å². The van der Waals surface area contributed by atoms with Crippen molar-refractivity contribution >= 4 is 23.5 Å². The van der Waals surface area contributed by atoms with Gasteiger partial charge >= 0.3 is 11.9 Å². The predicted octanol–water partition coefficient (Wildman–Crippen LogP) is 0.907. The number of hydrogen-bond acceptors (Lipinski definition) is 6. The highest BCUT2D eigenvalue weighted by molar-refractivity contribution is 5.99. The average Bonchev–Trinajstić information content (AvgIpc) is 2.66. The normalized spacial score (nSPS) is 15.2. The molecule has 0 saturated heterocycles. The van der Waals surface area contributed by atoms with Crippen LogP contribution in [0.15, 0.2) is 24.3 Å². The predicted molar refractivity (Wildman–Crippen MR) is 76.5 cm³/mol. The van der Waals surface area contributed by atoms with Crippen molar-refractivity contribution in [3.8, 4) is 5.75 Å². The Bertz CT molecular complexity index is 585. The molecule has 1 aromatic carbocycles. The molecule has 1 aliphatic rings. The number of ether oxygens (including phenoxy) is 3. The first kappa shape index (κ1) is 15.8. The van der Waals surface area contributed by atoms with Gasteiger partial charge in [-0.2, -0.15) is 0 Å². The average molecular weight is 307 g/mol. The Morgan fingerprint density at radius 2 is 2.09 bits per heavy atom. The second-order valence-corrected chi connectivity index (χ2v) is 4.70. The van der Waals surface area contributed by atoms with E-state index in [1.165, 1.54) is 18.9 Å². The van der Waals surface area contributed by atoms with Crippen molar-refractivity contribution in [2.24, 2.45) is 0 Å². The van der Waals surface area contributed by atoms with E-state index in [1.54, 1.807) is 24.3 Å². The van der Waals surface area contributed by atoms with Crippen LogP contribution in [0, 0.1) is 0 Å². The monoisotopic (exact) mass is 307 g/mol. The largest absolute Gasteiger partial charge is 0.491 e. The number of rotatable bonds is 4. The fourth-order valence-electron chi connectivity index (χ4n) is 2.07. The Kier molecular flexibility index (Phi) is 4.98. The van der Waals surface area contributed by atoms with Gasteiger partial charge in [0.15, 0.2) is 6.10 Å². The third kappa shape index (κ3) is 3.55. The van der Waals surface area contributed by atoms with Crippen molar-refractivity contribution in [2.45, 2.75) is 19.4 Å². The number of carbonyl (C=O) groups excluding carboxylic acids is 3. The number of para-hydroxylation sites is 2. The number of methoxy groups -OCH3 is 1. The zero-order valence-corrected chi connectivity index (χ0v) is 12.4. The van der Waals surface area contributed by atoms with Crippen LogP contribution in [-0.2, 0) is 23.9 Å². The molecule has 0 unspecified atom stereocenters. The number of anilines is 1. The summed E-state index contributed by atoms with van der Waals surface area (Å²) in [5.41, 5.74) is 0.507. The number of hydrogen-bond donors (Lipinski definition) is 0. The van der Waals surface area contributed by atoms with Gasteiger partial charge in [-0.1, -0.05) is 12.1 Å². The van der Waals surface area contributed by atoms with E-state index in [9.17, 15) is 14.4 Å². The van der Waals surface area contributed by atoms with Gasteiger partial charge in [0.05, 0.1) is 25.8 Å². The number of amides is 1. The quantitative estimate of drug-likeness (QED) is 0.769. The van der Waals surface area contributed by atoms with E-state index in [-0.39, 0.29) is 25.5 Å². The maximum absolute atomic E-state index is 12.1. The first-order valence-electron chi connectivity index (χ1n) is 6.82. The minimum absolute atomic E-state index is 0.161. The fraction of sp³-hybridized carbons (Fsp3) is 0.400. The van der Waals surface area contributed by atoms with Gasteiger partial charge in [-0.3, -0.25) is 14.5 Å². The van der Waals surface area contributed by atoms with E-state index >= 15 is 0 Å². The summed E-state index contributed by atoms with van der Waals surface area (Å²) in [6.45, 7) is 1.37. The van der Waals surface area contributed by atoms with Crippen LogP contribution < -0.4 is 9.64 Å². The fourth-order valence-corrected chi connectivity index (χ4v) is 2.07. The lowest BCUT2D eigenvalue weighted by Gasteiger charge is -2.21. The highest BCUT2D eigenvalue weighted by Gasteiger charge is 2.27. The van der Waals surface area contributed by atoms with Crippen molar-refractivity contribution in [2.75, 3.05) is 25.2 Å². The van der Waals surface area contributed by atoms with E-state index in [2.05, 4.69) is 4.74 Å². The Hall–Kier alpha value is -2.57. The van der Waals surface area contributed by atoms with Gasteiger partial charge in [0.25, 0.3) is 0 Å². The van der Waals surface area contributed by atoms with Gasteiger partial charge < -0.3 is 14.2 Å². The molecule has 0 bridgehead atoms. The summed E-state index contributed by atoms with van der Waals surface area (Å²) in [5.74, 6) is -1.06. The summed E-state index contributed by atoms with van der Waals surface area (Å²) in [4.78, 5) is 36.6. The molecule has 1 amide bonds. The first-order chi connectivity index (χ1) is 10.5. The van der Waals surface area contributed by atoms with Crippen molar-refractivity contribution < 1.29 is 28.6 Å². The van der Waals surface area contributed by atoms with E-state index in [0.29, 0.717) is 11.4 Å². The van der Waals surface area contributed by atoms with Crippen LogP contribution >= 0.6 is 0 Å². The number of nitrogens with zero attached hydrogens (tertiary/aromatic N) is 1. The molecule has 7 heteroatoms. The van der Waals surface area contributed by atoms with Crippen LogP contribution in [0.3, 0.4) is 0 Å². The van der Waals surface area contributed by atoms with Gasteiger partial charge in [0.2, 0.25) is 5.91 Å². The maximum atomic E-state index is 12.1. The summed E-state index contributed by atoms with van der Waals surface area (Å²) in [6, 6.07) is 6.94. The van der Waals surface area contributed by atoms with Gasteiger partial charge in [-0.25, -0.2) is 4.79 Å². The number of fused-ring (bicyclic) bond motifs is 1. The number of carbonyl (C=O) groups is 3. The van der Waals surface area contributed by atoms with Crippen LogP contribution in [0.25, 0.3) is 0 Å². The topological polar surface area (TPSA) is 82.1 Å². The van der Waals surface area contributed by atoms with Crippen molar-refractivity contribution in [1.29, 1.82) is 0 Å². The van der Waals surface area contributed by atoms with Crippen molar-refractivity contribution in [3.05, 3.63) is 24.3 Å². The molecule has 0 aliphatic carbocycles. The van der Waals surface area contributed by atoms with Crippen LogP contribution in [-0.4, -0.2) is 44.2 Å². The van der Waals surface area contributed by atoms with Crippen molar-refractivity contribution in [1.82, 2.24) is 0 Å². The lowest BCUT2D eigenvalue weighted by molar-refractivity contribution is -0.163. The molecule has 0 fully saturated rings. The lowest BCUT2D eigenvalue weighted by Crippen LogP contribution is -2.38. The third-order valence-corrected chi connectivity index (χ3v) is 3.16. The summed E-state index contributed by atoms with van der Waals surface area (Å²) in [6.07, 6.45) is -0.861. The summed E-state index contributed by atoms with van der Waals surface area (Å²) in [5, 5.41) is 0. The molecule has 118 valence electrons. The molecule has 1 heterocycles. The van der Waals surface area contributed by atoms with Crippen molar-refractivity contribution in [3.63, 3.8) is 0 Å². The Morgan fingerprint density at radius 3 is 2.82 bits per heavy atom. The first-order valence-corrected chi connectivity index (χ1v) is 6.82. The minimum Gasteiger partial charge on any atom is -0.491 e. The smallest absolute Gasteiger partial charge is 0.346 e. The molecule has 7 nitrogen and oxygen atoms in total. The number of benzene rings is 1. The molecule has 2 rings (SSSR count). The van der Waals surface area contributed by atoms with Crippen LogP contribution in [0.5, 0.6) is 5.75 Å². The van der Waals surface area contributed by atoms with E-state index in [4.69, 9.17) is 9.47 Å². The van der Waals surface area contributed by atoms with Crippen LogP contribution in [0.4, 0.5) is 5.69 Å². The van der Waals surface area contributed by atoms with E-state index in [0.717, 1.165) is 0 Å². The SMILES string of the molecule is COC(=O)[C@H](C)OC(=O)CN1C(=O)CCOc2ccccc21. The molecule has 0 radical (unpaired) electrons. The molecule has 1 aliphatic heterocycles. The molecular weight excluding hydrogens is 290 g/mol. The third-order valence-electron chi connectivity index (χ3n) is 3.16. The highest BCUT2D eigenvalue weighted by atomic mass is 16.6. The van der Waals surface area contributed by atoms with E-state index in [1.807, 2.05) is 0 Å². The summed E-state index contributed by atoms with van der Waals surface area (Å²) in [7, 11) is 1.21. The minimum atomic E-state index is -1.02. The zero-order valence-electron chi connectivity index (χ0n) is 12.4. The molecule has 1 aromatic rings. The summed E-state index contributed by atoms with van der Waals surface area (Å²) < 4.78 is 14.9. The second kappa shape index (κ2) is 6.93. The summed E-state index contributed by atoms with van der Waals surface area (Å²) >= 11 is 0. The lowest BCUT2D eigenvalue weighted by atomic mass is 10.2. The number of esters is 2. The standard InChI is InChI=1S/C15H17NO6/c1-10(15(19)20-2)22-14(18)9-16-11-5-3-4-6-12(11)21-8-7-13(16)17/h3-6,10H,7-9H2,1-2H3/t10-/m0/s1. The van der Waals surface area contributed by atoms with E-state index < -0.39 is 18.0 Å². The maximum Gasteiger partial charge on any atom is 0.346 e. The molecular formula is C15H17NO6. The molecule has 0 spiro atoms. The molecule has 0 N–H and O–H groups in total. The van der Waals surface area contributed by atoms with Gasteiger partial charge in [-0.15, -0.1) is 0 Å². The molecule has 0 aromatic heterocycles. The molecule has 1 atom stereocenters. The highest BCUT2D eigenvalue weighted by Crippen LogP contribution is 2.30. The van der Waals surface area contributed by atoms with Crippen LogP contribution in [0.1, 0.15) is 13.3 Å². The Labute approximate surface area is 127 Å². The molecule has 22 heavy (non-hydrogen) atoms. The Balaban J connectivity index is 2.12. The molecule has 0 saturated carbocycles. The van der Waals surface area contributed by atoms with Crippen LogP contribution in [0.2, 0.25) is 0 Å². The van der Waals surface area contributed by atoms with Gasteiger partial charge in [-0.05, 0) is 19.1 Å². The zero-order chi connectivity index (χ0) is 16.1.